The maximum absolute atomic E-state index is 5.22. The van der Waals surface area contributed by atoms with E-state index in [1.165, 1.54) is 0 Å². The van der Waals surface area contributed by atoms with Gasteiger partial charge in [-0.2, -0.15) is 0 Å². The Balaban J connectivity index is 0.000000283. The number of nitrogens with one attached hydrogen (secondary N) is 1. The molecule has 0 atom stereocenters. The van der Waals surface area contributed by atoms with Crippen molar-refractivity contribution in [3.05, 3.63) is 30.3 Å². The van der Waals surface area contributed by atoms with E-state index < -0.39 is 0 Å². The Bertz CT molecular complexity index is 397. The zero-order valence-corrected chi connectivity index (χ0v) is 12.4. The summed E-state index contributed by atoms with van der Waals surface area (Å²) >= 11 is 0. The van der Waals surface area contributed by atoms with Crippen molar-refractivity contribution in [1.29, 1.82) is 0 Å². The molecule has 0 amide bonds. The first kappa shape index (κ1) is 19.5. The van der Waals surface area contributed by atoms with Crippen molar-refractivity contribution < 1.29 is 0 Å². The van der Waals surface area contributed by atoms with Crippen LogP contribution in [0.3, 0.4) is 0 Å². The van der Waals surface area contributed by atoms with Crippen molar-refractivity contribution >= 4 is 44.5 Å². The molecule has 0 spiro atoms. The summed E-state index contributed by atoms with van der Waals surface area (Å²) in [6.07, 6.45) is 0. The number of rotatable bonds is 1. The molecule has 5 nitrogen and oxygen atoms in total. The van der Waals surface area contributed by atoms with E-state index in [2.05, 4.69) is 15.1 Å². The molecule has 1 aromatic carbocycles. The van der Waals surface area contributed by atoms with Gasteiger partial charge in [0.1, 0.15) is 0 Å². The molecule has 101 valence electrons. The van der Waals surface area contributed by atoms with Gasteiger partial charge in [-0.05, 0) is 12.1 Å². The molecule has 7 radical (unpaired) electrons. The molecule has 2 aliphatic heterocycles. The third-order valence-corrected chi connectivity index (χ3v) is 2.50. The van der Waals surface area contributed by atoms with Crippen LogP contribution in [0.5, 0.6) is 0 Å². The van der Waals surface area contributed by atoms with Gasteiger partial charge in [-0.25, -0.2) is 0 Å². The van der Waals surface area contributed by atoms with E-state index in [4.69, 9.17) is 16.0 Å². The van der Waals surface area contributed by atoms with Crippen LogP contribution in [-0.4, -0.2) is 81.5 Å². The number of hydrogen-bond acceptors (Lipinski definition) is 5. The fourth-order valence-corrected chi connectivity index (χ4v) is 1.39. The fourth-order valence-electron chi connectivity index (χ4n) is 1.39. The topological polar surface area (TPSA) is 43.2 Å². The summed E-state index contributed by atoms with van der Waals surface area (Å²) in [5.41, 5.74) is 1.16. The minimum atomic E-state index is 0. The monoisotopic (exact) mass is 274 g/mol. The van der Waals surface area contributed by atoms with E-state index in [0.29, 0.717) is 0 Å². The standard InChI is InChI=1S/C7H9N.2C2H4B2N2.B/c1-8-7-5-3-2-4-6-7;2*3-6-2-1-5-4-6;/h2-6,8H,1H3;2*1-2H2;. The Morgan fingerprint density at radius 1 is 1.00 bits per heavy atom. The van der Waals surface area contributed by atoms with Crippen LogP contribution < -0.4 is 5.32 Å². The zero-order valence-electron chi connectivity index (χ0n) is 12.4. The van der Waals surface area contributed by atoms with Crippen molar-refractivity contribution in [2.24, 2.45) is 9.79 Å². The van der Waals surface area contributed by atoms with Crippen LogP contribution >= 0.6 is 0 Å². The molecule has 2 heterocycles. The molecule has 0 saturated carbocycles. The van der Waals surface area contributed by atoms with Crippen molar-refractivity contribution in [2.45, 2.75) is 0 Å². The zero-order chi connectivity index (χ0) is 14.6. The van der Waals surface area contributed by atoms with Gasteiger partial charge in [0.2, 0.25) is 0 Å². The second-order valence-electron chi connectivity index (χ2n) is 4.13. The van der Waals surface area contributed by atoms with Crippen LogP contribution in [0.25, 0.3) is 0 Å². The summed E-state index contributed by atoms with van der Waals surface area (Å²) in [4.78, 5) is 7.68. The van der Waals surface area contributed by atoms with Crippen LogP contribution in [0, 0.1) is 0 Å². The van der Waals surface area contributed by atoms with Crippen LogP contribution in [0.2, 0.25) is 0 Å². The molecule has 0 aliphatic carbocycles. The summed E-state index contributed by atoms with van der Waals surface area (Å²) in [5.74, 6) is 0. The summed E-state index contributed by atoms with van der Waals surface area (Å²) in [5, 5.41) is 3.03. The average Bonchev–Trinajstić information content (AvgIpc) is 3.15. The summed E-state index contributed by atoms with van der Waals surface area (Å²) in [6.45, 7) is 3.47. The number of benzene rings is 1. The molecular weight excluding hydrogens is 256 g/mol. The van der Waals surface area contributed by atoms with Crippen LogP contribution in [0.4, 0.5) is 5.69 Å². The van der Waals surface area contributed by atoms with Gasteiger partial charge in [0.05, 0.1) is 0 Å². The molecule has 3 rings (SSSR count). The maximum atomic E-state index is 5.22. The molecule has 1 aromatic rings. The molecule has 21 heavy (non-hydrogen) atoms. The van der Waals surface area contributed by atoms with Crippen molar-refractivity contribution in [3.8, 4) is 0 Å². The molecule has 0 unspecified atom stereocenters. The Morgan fingerprint density at radius 2 is 1.48 bits per heavy atom. The van der Waals surface area contributed by atoms with E-state index >= 15 is 0 Å². The van der Waals surface area contributed by atoms with Gasteiger partial charge in [-0.15, -0.1) is 0 Å². The van der Waals surface area contributed by atoms with E-state index in [-0.39, 0.29) is 8.41 Å². The SMILES string of the molecule is CNc1ccccc1.[B].[B]N1B=NCC1.[B]N1B=NCC1. The molecule has 0 saturated heterocycles. The van der Waals surface area contributed by atoms with Crippen molar-refractivity contribution in [2.75, 3.05) is 38.5 Å². The predicted octanol–water partition coefficient (Wildman–Crippen LogP) is -0.276. The average molecular weight is 273 g/mol. The molecular formula is C11H17B5N5. The normalized spacial score (nSPS) is 13.8. The number of nitrogens with zero attached hydrogens (tertiary/aromatic N) is 4. The number of para-hydroxylation sites is 1. The van der Waals surface area contributed by atoms with Gasteiger partial charge in [0.15, 0.2) is 0 Å². The third-order valence-electron chi connectivity index (χ3n) is 2.50. The first-order chi connectivity index (χ1) is 9.72. The van der Waals surface area contributed by atoms with Crippen LogP contribution in [-0.2, 0) is 0 Å². The molecule has 0 bridgehead atoms. The second kappa shape index (κ2) is 12.3. The van der Waals surface area contributed by atoms with Crippen LogP contribution in [0.15, 0.2) is 40.1 Å². The van der Waals surface area contributed by atoms with E-state index in [1.807, 2.05) is 37.4 Å². The van der Waals surface area contributed by atoms with Crippen molar-refractivity contribution in [3.63, 3.8) is 0 Å². The molecule has 1 N–H and O–H groups in total. The van der Waals surface area contributed by atoms with Crippen molar-refractivity contribution in [1.82, 2.24) is 9.44 Å². The number of anilines is 1. The molecule has 0 fully saturated rings. The first-order valence-corrected chi connectivity index (χ1v) is 6.47. The van der Waals surface area contributed by atoms with E-state index in [1.54, 1.807) is 23.9 Å². The summed E-state index contributed by atoms with van der Waals surface area (Å²) < 4.78 is 3.14. The Hall–Kier alpha value is -1.46. The molecule has 10 heteroatoms. The number of hydrogen-bond donors (Lipinski definition) is 1. The fraction of sp³-hybridized carbons (Fsp3) is 0.455. The summed E-state index contributed by atoms with van der Waals surface area (Å²) in [6, 6.07) is 10.1. The Morgan fingerprint density at radius 3 is 1.67 bits per heavy atom. The van der Waals surface area contributed by atoms with Gasteiger partial charge < -0.3 is 5.32 Å². The van der Waals surface area contributed by atoms with E-state index in [9.17, 15) is 0 Å². The van der Waals surface area contributed by atoms with Crippen LogP contribution in [0.1, 0.15) is 0 Å². The minimum absolute atomic E-state index is 0. The quantitative estimate of drug-likeness (QED) is 0.716. The molecule has 0 aromatic heterocycles. The van der Waals surface area contributed by atoms with Gasteiger partial charge in [-0.1, -0.05) is 18.2 Å². The van der Waals surface area contributed by atoms with Gasteiger partial charge in [0, 0.05) is 21.1 Å². The second-order valence-corrected chi connectivity index (χ2v) is 4.13. The molecule has 2 aliphatic rings. The van der Waals surface area contributed by atoms with E-state index in [0.717, 1.165) is 31.9 Å². The van der Waals surface area contributed by atoms with Gasteiger partial charge in [-0.3, -0.25) is 0 Å². The Labute approximate surface area is 133 Å². The third kappa shape index (κ3) is 9.99. The summed E-state index contributed by atoms with van der Waals surface area (Å²) in [7, 11) is 15.6. The first-order valence-electron chi connectivity index (χ1n) is 6.47. The van der Waals surface area contributed by atoms with Gasteiger partial charge in [0.25, 0.3) is 0 Å². The Kier molecular flexibility index (Phi) is 11.4. The predicted molar refractivity (Wildman–Crippen MR) is 92.8 cm³/mol. The van der Waals surface area contributed by atoms with Gasteiger partial charge >= 0.3 is 75.8 Å².